The van der Waals surface area contributed by atoms with Crippen molar-refractivity contribution in [2.45, 2.75) is 67.1 Å². The second-order valence-corrected chi connectivity index (χ2v) is 19.8. The fourth-order valence-corrected chi connectivity index (χ4v) is 7.75. The molecule has 0 spiro atoms. The molecule has 4 aromatic carbocycles. The van der Waals surface area contributed by atoms with Crippen molar-refractivity contribution >= 4 is 46.4 Å². The normalized spacial score (nSPS) is 12.1. The molecule has 0 unspecified atom stereocenters. The number of furan rings is 1. The Hall–Kier alpha value is -4.68. The van der Waals surface area contributed by atoms with Crippen LogP contribution in [0.5, 0.6) is 0 Å². The molecule has 52 heavy (non-hydrogen) atoms. The molecule has 0 atom stereocenters. The number of benzene rings is 4. The van der Waals surface area contributed by atoms with Crippen molar-refractivity contribution in [2.24, 2.45) is 0 Å². The minimum Gasteiger partial charge on any atom is -0.486 e. The number of rotatable bonds is 5. The Bertz CT molecular complexity index is 2500. The summed E-state index contributed by atoms with van der Waals surface area (Å²) in [6, 6.07) is 37.6. The fourth-order valence-electron chi connectivity index (χ4n) is 6.72. The van der Waals surface area contributed by atoms with Crippen molar-refractivity contribution in [3.8, 4) is 28.3 Å². The minimum absolute atomic E-state index is 0. The maximum Gasteiger partial charge on any atom is 0.216 e. The average molecular weight is 878 g/mol. The zero-order chi connectivity index (χ0) is 36.9. The van der Waals surface area contributed by atoms with Crippen LogP contribution in [0.1, 0.15) is 49.1 Å². The summed E-state index contributed by atoms with van der Waals surface area (Å²) in [5.74, 6) is 0.243. The second kappa shape index (κ2) is 14.7. The molecule has 5 nitrogen and oxygen atoms in total. The maximum atomic E-state index is 8.01. The number of hydrogen-bond donors (Lipinski definition) is 0. The summed E-state index contributed by atoms with van der Waals surface area (Å²) in [4.78, 5) is 14.2. The van der Waals surface area contributed by atoms with E-state index in [1.807, 2.05) is 69.4 Å². The Morgan fingerprint density at radius 2 is 1.58 bits per heavy atom. The molecule has 0 saturated carbocycles. The number of hydrogen-bond acceptors (Lipinski definition) is 4. The van der Waals surface area contributed by atoms with E-state index in [-0.39, 0.29) is 20.1 Å². The molecule has 0 saturated heterocycles. The first-order chi connectivity index (χ1) is 24.7. The van der Waals surface area contributed by atoms with Crippen LogP contribution < -0.4 is 5.19 Å². The van der Waals surface area contributed by atoms with E-state index in [4.69, 9.17) is 10.8 Å². The molecule has 7 heteroatoms. The van der Waals surface area contributed by atoms with Crippen LogP contribution >= 0.6 is 0 Å². The van der Waals surface area contributed by atoms with Gasteiger partial charge in [-0.15, -0.1) is 53.6 Å². The van der Waals surface area contributed by atoms with Crippen LogP contribution in [0, 0.1) is 39.8 Å². The Morgan fingerprint density at radius 3 is 2.23 bits per heavy atom. The predicted octanol–water partition coefficient (Wildman–Crippen LogP) is 11.2. The van der Waals surface area contributed by atoms with Crippen LogP contribution in [0.3, 0.4) is 0 Å². The summed E-state index contributed by atoms with van der Waals surface area (Å²) in [7, 11) is -1.29. The summed E-state index contributed by atoms with van der Waals surface area (Å²) in [6.07, 6.45) is 2.00. The van der Waals surface area contributed by atoms with E-state index in [0.717, 1.165) is 67.0 Å². The molecule has 4 heterocycles. The summed E-state index contributed by atoms with van der Waals surface area (Å²) in [5, 5.41) is 3.40. The summed E-state index contributed by atoms with van der Waals surface area (Å²) in [5.41, 5.74) is 12.9. The van der Waals surface area contributed by atoms with Gasteiger partial charge in [-0.25, -0.2) is 4.98 Å². The predicted molar refractivity (Wildman–Crippen MR) is 215 cm³/mol. The number of fused-ring (bicyclic) bond motifs is 4. The van der Waals surface area contributed by atoms with E-state index in [2.05, 4.69) is 116 Å². The maximum absolute atomic E-state index is 8.01. The Labute approximate surface area is 322 Å². The Morgan fingerprint density at radius 1 is 0.827 bits per heavy atom. The van der Waals surface area contributed by atoms with Crippen LogP contribution in [0.25, 0.3) is 61.4 Å². The molecular formula is C45H44IrN4OSi-2. The smallest absolute Gasteiger partial charge is 0.216 e. The molecule has 265 valence electrons. The van der Waals surface area contributed by atoms with Gasteiger partial charge in [0.1, 0.15) is 0 Å². The minimum atomic E-state index is -1.29. The van der Waals surface area contributed by atoms with Crippen LogP contribution in [-0.4, -0.2) is 27.6 Å². The number of aromatic nitrogens is 4. The number of nitrogens with zero attached hydrogens (tertiary/aromatic N) is 4. The van der Waals surface area contributed by atoms with Gasteiger partial charge in [0, 0.05) is 44.4 Å². The molecule has 0 aliphatic carbocycles. The van der Waals surface area contributed by atoms with Gasteiger partial charge in [0.25, 0.3) is 0 Å². The van der Waals surface area contributed by atoms with Crippen molar-refractivity contribution in [2.75, 3.05) is 0 Å². The van der Waals surface area contributed by atoms with E-state index < -0.39 is 14.0 Å². The monoisotopic (exact) mass is 878 g/mol. The third-order valence-corrected chi connectivity index (χ3v) is 11.4. The van der Waals surface area contributed by atoms with Crippen molar-refractivity contribution in [1.82, 2.24) is 19.5 Å². The van der Waals surface area contributed by atoms with Crippen LogP contribution in [0.2, 0.25) is 19.6 Å². The standard InChI is InChI=1S/C28H22N3O.C17H22NSi.Ir/c1-16-14-17(2)25(18(3)15-16)31-24-11-6-5-10-23(24)30-27(31)22-9-7-8-20-21-13-12-19(4)29-28(21)32-26(20)22;1-13(2)14-6-8-15(9-7-14)17-11-10-16(12-18-17)19(3,4)5;/h5-8,10-15H,1-4H3;6-8,10-13H,1-5H3;/q2*-1;/i;13D;. The van der Waals surface area contributed by atoms with Gasteiger partial charge in [-0.3, -0.25) is 4.98 Å². The fraction of sp³-hybridized carbons (Fsp3) is 0.222. The molecule has 1 radical (unpaired) electrons. The van der Waals surface area contributed by atoms with Crippen LogP contribution in [-0.2, 0) is 20.1 Å². The first-order valence-corrected chi connectivity index (χ1v) is 20.9. The van der Waals surface area contributed by atoms with Gasteiger partial charge in [-0.05, 0) is 74.0 Å². The molecule has 4 aromatic heterocycles. The van der Waals surface area contributed by atoms with Crippen molar-refractivity contribution < 1.29 is 25.9 Å². The Balaban J connectivity index is 0.000000199. The van der Waals surface area contributed by atoms with Gasteiger partial charge in [0.05, 0.1) is 30.5 Å². The molecule has 0 aliphatic rings. The SMILES string of the molecule is Cc1cc(C)c(-n2c(-c3[c-]ccc4c3oc3nc(C)ccc34)nc3ccccc32)c(C)c1.[2H]C(C)(C)c1c[c-]c(-c2ccc([Si](C)(C)C)cn2)cc1.[Ir]. The van der Waals surface area contributed by atoms with E-state index in [0.29, 0.717) is 5.71 Å². The first-order valence-electron chi connectivity index (χ1n) is 17.9. The van der Waals surface area contributed by atoms with Crippen molar-refractivity contribution in [3.63, 3.8) is 0 Å². The summed E-state index contributed by atoms with van der Waals surface area (Å²) < 4.78 is 16.5. The molecule has 0 aliphatic heterocycles. The van der Waals surface area contributed by atoms with Crippen molar-refractivity contribution in [1.29, 1.82) is 0 Å². The number of pyridine rings is 2. The number of imidazole rings is 1. The van der Waals surface area contributed by atoms with E-state index >= 15 is 0 Å². The molecule has 0 amide bonds. The molecular weight excluding hydrogens is 833 g/mol. The summed E-state index contributed by atoms with van der Waals surface area (Å²) >= 11 is 0. The molecule has 8 aromatic rings. The third kappa shape index (κ3) is 7.18. The van der Waals surface area contributed by atoms with Crippen LogP contribution in [0.4, 0.5) is 0 Å². The van der Waals surface area contributed by atoms with Gasteiger partial charge in [0.2, 0.25) is 5.71 Å². The summed E-state index contributed by atoms with van der Waals surface area (Å²) in [6.45, 7) is 19.2. The Kier molecular flexibility index (Phi) is 10.1. The molecule has 0 N–H and O–H groups in total. The molecule has 8 rings (SSSR count). The zero-order valence-corrected chi connectivity index (χ0v) is 34.7. The molecule has 0 fully saturated rings. The van der Waals surface area contributed by atoms with E-state index in [1.54, 1.807) is 0 Å². The topological polar surface area (TPSA) is 56.7 Å². The van der Waals surface area contributed by atoms with Gasteiger partial charge < -0.3 is 14.0 Å². The zero-order valence-electron chi connectivity index (χ0n) is 32.3. The van der Waals surface area contributed by atoms with Gasteiger partial charge >= 0.3 is 0 Å². The molecule has 0 bridgehead atoms. The van der Waals surface area contributed by atoms with Gasteiger partial charge in [-0.1, -0.05) is 92.3 Å². The number of para-hydroxylation sites is 2. The average Bonchev–Trinajstić information content (AvgIpc) is 3.66. The third-order valence-electron chi connectivity index (χ3n) is 9.38. The quantitative estimate of drug-likeness (QED) is 0.128. The largest absolute Gasteiger partial charge is 0.486 e. The number of aryl methyl sites for hydroxylation is 4. The van der Waals surface area contributed by atoms with Crippen molar-refractivity contribution in [3.05, 3.63) is 137 Å². The van der Waals surface area contributed by atoms with Crippen LogP contribution in [0.15, 0.2) is 102 Å². The first kappa shape index (κ1) is 35.7. The van der Waals surface area contributed by atoms with Gasteiger partial charge in [-0.2, -0.15) is 0 Å². The van der Waals surface area contributed by atoms with E-state index in [9.17, 15) is 0 Å². The van der Waals surface area contributed by atoms with E-state index in [1.165, 1.54) is 21.9 Å². The van der Waals surface area contributed by atoms with Gasteiger partial charge in [0.15, 0.2) is 0 Å². The second-order valence-electron chi connectivity index (χ2n) is 14.7.